The lowest BCUT2D eigenvalue weighted by Gasteiger charge is -2.21. The first kappa shape index (κ1) is 15.6. The van der Waals surface area contributed by atoms with Crippen molar-refractivity contribution in [2.24, 2.45) is 0 Å². The Hall–Kier alpha value is -2.30. The largest absolute Gasteiger partial charge is 0.462 e. The molecule has 0 aliphatic heterocycles. The Labute approximate surface area is 134 Å². The molecule has 5 heteroatoms. The van der Waals surface area contributed by atoms with E-state index in [9.17, 15) is 9.59 Å². The number of ether oxygens (including phenoxy) is 1. The van der Waals surface area contributed by atoms with Crippen LogP contribution in [-0.2, 0) is 16.0 Å². The van der Waals surface area contributed by atoms with Gasteiger partial charge in [0.1, 0.15) is 11.7 Å². The SMILES string of the molecule is Cc1c(CC(=O)OC2CCCCC2)c(=O)oc2cc(N)ccc12. The Morgan fingerprint density at radius 2 is 2.04 bits per heavy atom. The molecule has 0 unspecified atom stereocenters. The summed E-state index contributed by atoms with van der Waals surface area (Å²) in [4.78, 5) is 24.3. The number of hydrogen-bond acceptors (Lipinski definition) is 5. The van der Waals surface area contributed by atoms with Gasteiger partial charge in [0.2, 0.25) is 0 Å². The van der Waals surface area contributed by atoms with Crippen molar-refractivity contribution < 1.29 is 13.9 Å². The van der Waals surface area contributed by atoms with Crippen LogP contribution in [0.1, 0.15) is 43.2 Å². The van der Waals surface area contributed by atoms with Gasteiger partial charge in [0.15, 0.2) is 0 Å². The number of anilines is 1. The van der Waals surface area contributed by atoms with Crippen molar-refractivity contribution in [3.05, 3.63) is 39.7 Å². The number of nitrogen functional groups attached to an aromatic ring is 1. The van der Waals surface area contributed by atoms with Crippen LogP contribution in [0.15, 0.2) is 27.4 Å². The van der Waals surface area contributed by atoms with Crippen molar-refractivity contribution in [3.63, 3.8) is 0 Å². The molecule has 1 aliphatic carbocycles. The van der Waals surface area contributed by atoms with Crippen molar-refractivity contribution in [2.45, 2.75) is 51.6 Å². The maximum atomic E-state index is 12.2. The third kappa shape index (κ3) is 3.38. The molecule has 122 valence electrons. The molecule has 2 N–H and O–H groups in total. The highest BCUT2D eigenvalue weighted by Gasteiger charge is 2.20. The third-order valence-corrected chi connectivity index (χ3v) is 4.48. The van der Waals surface area contributed by atoms with Gasteiger partial charge in [0.25, 0.3) is 0 Å². The van der Waals surface area contributed by atoms with E-state index in [4.69, 9.17) is 14.9 Å². The van der Waals surface area contributed by atoms with Gasteiger partial charge in [-0.05, 0) is 50.3 Å². The summed E-state index contributed by atoms with van der Waals surface area (Å²) in [7, 11) is 0. The third-order valence-electron chi connectivity index (χ3n) is 4.48. The van der Waals surface area contributed by atoms with Gasteiger partial charge in [-0.2, -0.15) is 0 Å². The van der Waals surface area contributed by atoms with E-state index in [0.717, 1.165) is 36.6 Å². The Morgan fingerprint density at radius 3 is 2.78 bits per heavy atom. The maximum absolute atomic E-state index is 12.2. The number of carbonyl (C=O) groups is 1. The van der Waals surface area contributed by atoms with Crippen LogP contribution >= 0.6 is 0 Å². The highest BCUT2D eigenvalue weighted by Crippen LogP contribution is 2.23. The van der Waals surface area contributed by atoms with Crippen LogP contribution in [0.4, 0.5) is 5.69 Å². The van der Waals surface area contributed by atoms with Gasteiger partial charge in [-0.25, -0.2) is 4.79 Å². The first-order chi connectivity index (χ1) is 11.0. The zero-order valence-electron chi connectivity index (χ0n) is 13.3. The first-order valence-electron chi connectivity index (χ1n) is 8.06. The Balaban J connectivity index is 1.83. The summed E-state index contributed by atoms with van der Waals surface area (Å²) in [5.41, 5.74) is 7.30. The van der Waals surface area contributed by atoms with Gasteiger partial charge in [-0.3, -0.25) is 4.79 Å². The number of aryl methyl sites for hydroxylation is 1. The van der Waals surface area contributed by atoms with E-state index in [0.29, 0.717) is 16.8 Å². The van der Waals surface area contributed by atoms with E-state index in [-0.39, 0.29) is 18.5 Å². The van der Waals surface area contributed by atoms with Crippen LogP contribution in [-0.4, -0.2) is 12.1 Å². The molecular formula is C18H21NO4. The molecule has 1 aliphatic rings. The smallest absolute Gasteiger partial charge is 0.340 e. The number of hydrogen-bond donors (Lipinski definition) is 1. The molecule has 0 spiro atoms. The second-order valence-electron chi connectivity index (χ2n) is 6.18. The normalized spacial score (nSPS) is 15.7. The first-order valence-corrected chi connectivity index (χ1v) is 8.06. The molecule has 1 aromatic heterocycles. The fraction of sp³-hybridized carbons (Fsp3) is 0.444. The second-order valence-corrected chi connectivity index (χ2v) is 6.18. The summed E-state index contributed by atoms with van der Waals surface area (Å²) in [5, 5.41) is 0.791. The van der Waals surface area contributed by atoms with Crippen molar-refractivity contribution in [1.29, 1.82) is 0 Å². The minimum absolute atomic E-state index is 0.0103. The predicted octanol–water partition coefficient (Wildman–Crippen LogP) is 3.10. The molecule has 23 heavy (non-hydrogen) atoms. The van der Waals surface area contributed by atoms with E-state index in [1.807, 2.05) is 6.92 Å². The minimum atomic E-state index is -0.499. The van der Waals surface area contributed by atoms with E-state index in [1.54, 1.807) is 18.2 Å². The van der Waals surface area contributed by atoms with Crippen LogP contribution in [0.2, 0.25) is 0 Å². The topological polar surface area (TPSA) is 82.5 Å². The van der Waals surface area contributed by atoms with Crippen molar-refractivity contribution in [1.82, 2.24) is 0 Å². The average molecular weight is 315 g/mol. The lowest BCUT2D eigenvalue weighted by atomic mass is 9.97. The van der Waals surface area contributed by atoms with Gasteiger partial charge in [0.05, 0.1) is 12.0 Å². The summed E-state index contributed by atoms with van der Waals surface area (Å²) in [6, 6.07) is 5.17. The molecular weight excluding hydrogens is 294 g/mol. The van der Waals surface area contributed by atoms with E-state index < -0.39 is 5.63 Å². The van der Waals surface area contributed by atoms with Crippen LogP contribution in [0.3, 0.4) is 0 Å². The van der Waals surface area contributed by atoms with E-state index in [1.165, 1.54) is 6.42 Å². The van der Waals surface area contributed by atoms with Gasteiger partial charge in [-0.15, -0.1) is 0 Å². The number of nitrogens with two attached hydrogens (primary N) is 1. The molecule has 1 saturated carbocycles. The summed E-state index contributed by atoms with van der Waals surface area (Å²) < 4.78 is 10.8. The average Bonchev–Trinajstić information content (AvgIpc) is 2.52. The van der Waals surface area contributed by atoms with Gasteiger partial charge >= 0.3 is 11.6 Å². The lowest BCUT2D eigenvalue weighted by Crippen LogP contribution is -2.24. The molecule has 3 rings (SSSR count). The molecule has 0 bridgehead atoms. The highest BCUT2D eigenvalue weighted by molar-refractivity contribution is 5.85. The van der Waals surface area contributed by atoms with Crippen molar-refractivity contribution >= 4 is 22.6 Å². The maximum Gasteiger partial charge on any atom is 0.340 e. The van der Waals surface area contributed by atoms with Crippen LogP contribution < -0.4 is 11.4 Å². The summed E-state index contributed by atoms with van der Waals surface area (Å²) in [6.07, 6.45) is 5.15. The quantitative estimate of drug-likeness (QED) is 0.534. The minimum Gasteiger partial charge on any atom is -0.462 e. The Morgan fingerprint density at radius 1 is 1.30 bits per heavy atom. The second kappa shape index (κ2) is 6.44. The molecule has 0 radical (unpaired) electrons. The van der Waals surface area contributed by atoms with E-state index in [2.05, 4.69) is 0 Å². The Bertz CT molecular complexity index is 787. The van der Waals surface area contributed by atoms with Gasteiger partial charge < -0.3 is 14.9 Å². The lowest BCUT2D eigenvalue weighted by molar-refractivity contribution is -0.149. The number of esters is 1. The van der Waals surface area contributed by atoms with Gasteiger partial charge in [0, 0.05) is 17.1 Å². The molecule has 2 aromatic rings. The van der Waals surface area contributed by atoms with Crippen molar-refractivity contribution in [3.8, 4) is 0 Å². The summed E-state index contributed by atoms with van der Waals surface area (Å²) in [5.74, 6) is -0.359. The van der Waals surface area contributed by atoms with Crippen LogP contribution in [0, 0.1) is 6.92 Å². The van der Waals surface area contributed by atoms with Crippen molar-refractivity contribution in [2.75, 3.05) is 5.73 Å². The van der Waals surface area contributed by atoms with E-state index >= 15 is 0 Å². The standard InChI is InChI=1S/C18H21NO4/c1-11-14-8-7-12(19)9-16(14)23-18(21)15(11)10-17(20)22-13-5-3-2-4-6-13/h7-9,13H,2-6,10,19H2,1H3. The molecule has 1 fully saturated rings. The molecule has 0 amide bonds. The predicted molar refractivity (Wildman–Crippen MR) is 88.3 cm³/mol. The fourth-order valence-electron chi connectivity index (χ4n) is 3.17. The summed E-state index contributed by atoms with van der Waals surface area (Å²) >= 11 is 0. The summed E-state index contributed by atoms with van der Waals surface area (Å²) in [6.45, 7) is 1.82. The molecule has 1 heterocycles. The van der Waals surface area contributed by atoms with Crippen LogP contribution in [0.25, 0.3) is 11.0 Å². The number of fused-ring (bicyclic) bond motifs is 1. The molecule has 1 aromatic carbocycles. The monoisotopic (exact) mass is 315 g/mol. The zero-order valence-corrected chi connectivity index (χ0v) is 13.3. The molecule has 0 saturated heterocycles. The van der Waals surface area contributed by atoms with Crippen LogP contribution in [0.5, 0.6) is 0 Å². The number of carbonyl (C=O) groups excluding carboxylic acids is 1. The van der Waals surface area contributed by atoms with Gasteiger partial charge in [-0.1, -0.05) is 6.42 Å². The number of rotatable bonds is 3. The fourth-order valence-corrected chi connectivity index (χ4v) is 3.17. The molecule has 0 atom stereocenters. The molecule has 5 nitrogen and oxygen atoms in total. The highest BCUT2D eigenvalue weighted by atomic mass is 16.5. The zero-order chi connectivity index (χ0) is 16.4. The number of benzene rings is 1. The Kier molecular flexibility index (Phi) is 4.37.